The van der Waals surface area contributed by atoms with Crippen molar-refractivity contribution in [2.45, 2.75) is 32.6 Å². The number of hydrogen-bond donors (Lipinski definition) is 1. The van der Waals surface area contributed by atoms with Crippen molar-refractivity contribution in [1.29, 1.82) is 0 Å². The minimum atomic E-state index is 0.0991. The number of nitrogens with zero attached hydrogens (tertiary/aromatic N) is 2. The third kappa shape index (κ3) is 2.58. The van der Waals surface area contributed by atoms with Gasteiger partial charge in [-0.15, -0.1) is 0 Å². The molecule has 0 aliphatic carbocycles. The molecule has 0 saturated carbocycles. The van der Waals surface area contributed by atoms with Crippen molar-refractivity contribution in [3.8, 4) is 0 Å². The Morgan fingerprint density at radius 2 is 2.04 bits per heavy atom. The van der Waals surface area contributed by atoms with Gasteiger partial charge in [-0.2, -0.15) is 4.98 Å². The van der Waals surface area contributed by atoms with Crippen LogP contribution in [0.25, 0.3) is 11.1 Å². The summed E-state index contributed by atoms with van der Waals surface area (Å²) in [6.07, 6.45) is 0.621. The van der Waals surface area contributed by atoms with Crippen molar-refractivity contribution in [3.63, 3.8) is 0 Å². The maximum Gasteiger partial charge on any atom is 0.298 e. The fraction of sp³-hybridized carbons (Fsp3) is 0.556. The van der Waals surface area contributed by atoms with Gasteiger partial charge in [0, 0.05) is 26.1 Å². The molecule has 2 aromatic rings. The first-order valence-corrected chi connectivity index (χ1v) is 8.33. The molecule has 4 rings (SSSR count). The van der Waals surface area contributed by atoms with Crippen LogP contribution in [0.1, 0.15) is 32.8 Å². The number of carbonyl (C=O) groups excluding carboxylic acids is 1. The normalized spacial score (nSPS) is 24.8. The molecule has 0 bridgehead atoms. The van der Waals surface area contributed by atoms with Crippen molar-refractivity contribution in [3.05, 3.63) is 23.8 Å². The largest absolute Gasteiger partial charge is 0.423 e. The van der Waals surface area contributed by atoms with Crippen LogP contribution < -0.4 is 10.2 Å². The Labute approximate surface area is 136 Å². The van der Waals surface area contributed by atoms with Crippen LogP contribution in [0.2, 0.25) is 0 Å². The summed E-state index contributed by atoms with van der Waals surface area (Å²) in [4.78, 5) is 18.4. The molecule has 2 aliphatic heterocycles. The average molecular weight is 313 g/mol. The Morgan fingerprint density at radius 3 is 2.83 bits per heavy atom. The highest BCUT2D eigenvalue weighted by Crippen LogP contribution is 2.34. The lowest BCUT2D eigenvalue weighted by atomic mass is 9.87. The molecular weight excluding hydrogens is 290 g/mol. The summed E-state index contributed by atoms with van der Waals surface area (Å²) in [5.41, 5.74) is 3.10. The van der Waals surface area contributed by atoms with Gasteiger partial charge in [0.1, 0.15) is 5.52 Å². The molecule has 23 heavy (non-hydrogen) atoms. The summed E-state index contributed by atoms with van der Waals surface area (Å²) in [6, 6.07) is 6.94. The van der Waals surface area contributed by atoms with E-state index in [4.69, 9.17) is 9.40 Å². The smallest absolute Gasteiger partial charge is 0.298 e. The lowest BCUT2D eigenvalue weighted by molar-refractivity contribution is -0.124. The zero-order valence-corrected chi connectivity index (χ0v) is 13.9. The molecule has 1 aromatic heterocycles. The van der Waals surface area contributed by atoms with E-state index in [1.54, 1.807) is 0 Å². The van der Waals surface area contributed by atoms with Crippen LogP contribution in [0.5, 0.6) is 0 Å². The monoisotopic (exact) mass is 313 g/mol. The predicted molar refractivity (Wildman–Crippen MR) is 89.5 cm³/mol. The second-order valence-corrected chi connectivity index (χ2v) is 7.86. The SMILES string of the molecule is CC(C)(C)c1ccc2oc(N3C[C@H]4CC(=O)NC[C@H]4C3)nc2c1. The summed E-state index contributed by atoms with van der Waals surface area (Å²) in [5.74, 6) is 1.09. The van der Waals surface area contributed by atoms with Crippen molar-refractivity contribution in [1.82, 2.24) is 10.3 Å². The van der Waals surface area contributed by atoms with Crippen LogP contribution >= 0.6 is 0 Å². The number of benzene rings is 1. The molecule has 1 amide bonds. The number of nitrogens with one attached hydrogen (secondary N) is 1. The van der Waals surface area contributed by atoms with E-state index >= 15 is 0 Å². The van der Waals surface area contributed by atoms with Gasteiger partial charge >= 0.3 is 0 Å². The Kier molecular flexibility index (Phi) is 3.15. The molecule has 0 unspecified atom stereocenters. The fourth-order valence-corrected chi connectivity index (χ4v) is 3.63. The molecule has 2 aliphatic rings. The summed E-state index contributed by atoms with van der Waals surface area (Å²) < 4.78 is 5.96. The standard InChI is InChI=1S/C18H23N3O2/c1-18(2,3)13-4-5-15-14(7-13)20-17(23-15)21-9-11-6-16(22)19-8-12(11)10-21/h4-5,7,11-12H,6,8-10H2,1-3H3,(H,19,22)/t11-,12+/m1/s1. The van der Waals surface area contributed by atoms with Gasteiger partial charge in [0.15, 0.2) is 5.58 Å². The Balaban J connectivity index is 1.61. The van der Waals surface area contributed by atoms with Crippen LogP contribution in [0.4, 0.5) is 6.01 Å². The molecule has 2 atom stereocenters. The molecule has 3 heterocycles. The number of piperidine rings is 1. The molecule has 0 radical (unpaired) electrons. The third-order valence-corrected chi connectivity index (χ3v) is 5.10. The highest BCUT2D eigenvalue weighted by Gasteiger charge is 2.38. The van der Waals surface area contributed by atoms with E-state index in [2.05, 4.69) is 43.1 Å². The summed E-state index contributed by atoms with van der Waals surface area (Å²) in [5, 5.41) is 2.96. The van der Waals surface area contributed by atoms with E-state index in [9.17, 15) is 4.79 Å². The van der Waals surface area contributed by atoms with Gasteiger partial charge in [0.2, 0.25) is 5.91 Å². The van der Waals surface area contributed by atoms with Crippen molar-refractivity contribution in [2.75, 3.05) is 24.5 Å². The number of rotatable bonds is 1. The first-order chi connectivity index (χ1) is 10.9. The first-order valence-electron chi connectivity index (χ1n) is 8.33. The molecule has 5 heteroatoms. The third-order valence-electron chi connectivity index (χ3n) is 5.10. The summed E-state index contributed by atoms with van der Waals surface area (Å²) in [6.45, 7) is 9.13. The molecule has 1 N–H and O–H groups in total. The van der Waals surface area contributed by atoms with E-state index in [1.807, 2.05) is 6.07 Å². The molecule has 5 nitrogen and oxygen atoms in total. The highest BCUT2D eigenvalue weighted by molar-refractivity contribution is 5.78. The number of aromatic nitrogens is 1. The molecule has 0 spiro atoms. The van der Waals surface area contributed by atoms with E-state index in [0.29, 0.717) is 24.3 Å². The second-order valence-electron chi connectivity index (χ2n) is 7.86. The zero-order valence-electron chi connectivity index (χ0n) is 13.9. The van der Waals surface area contributed by atoms with Crippen LogP contribution in [0.3, 0.4) is 0 Å². The maximum absolute atomic E-state index is 11.6. The summed E-state index contributed by atoms with van der Waals surface area (Å²) >= 11 is 0. The van der Waals surface area contributed by atoms with Crippen LogP contribution in [0.15, 0.2) is 22.6 Å². The topological polar surface area (TPSA) is 58.4 Å². The lowest BCUT2D eigenvalue weighted by Crippen LogP contribution is -2.39. The maximum atomic E-state index is 11.6. The number of amides is 1. The highest BCUT2D eigenvalue weighted by atomic mass is 16.4. The number of carbonyl (C=O) groups is 1. The van der Waals surface area contributed by atoms with Crippen molar-refractivity contribution < 1.29 is 9.21 Å². The lowest BCUT2D eigenvalue weighted by Gasteiger charge is -2.23. The van der Waals surface area contributed by atoms with Gasteiger partial charge in [-0.1, -0.05) is 26.8 Å². The van der Waals surface area contributed by atoms with Gasteiger partial charge in [-0.05, 0) is 34.9 Å². The molecule has 122 valence electrons. The van der Waals surface area contributed by atoms with Gasteiger partial charge in [-0.3, -0.25) is 4.79 Å². The van der Waals surface area contributed by atoms with E-state index < -0.39 is 0 Å². The quantitative estimate of drug-likeness (QED) is 0.879. The Bertz CT molecular complexity index is 759. The Hall–Kier alpha value is -2.04. The number of hydrogen-bond acceptors (Lipinski definition) is 4. The summed E-state index contributed by atoms with van der Waals surface area (Å²) in [7, 11) is 0. The minimum Gasteiger partial charge on any atom is -0.423 e. The fourth-order valence-electron chi connectivity index (χ4n) is 3.63. The van der Waals surface area contributed by atoms with E-state index in [0.717, 1.165) is 30.7 Å². The van der Waals surface area contributed by atoms with Crippen LogP contribution in [-0.4, -0.2) is 30.5 Å². The van der Waals surface area contributed by atoms with Gasteiger partial charge < -0.3 is 14.6 Å². The zero-order chi connectivity index (χ0) is 16.2. The van der Waals surface area contributed by atoms with Gasteiger partial charge in [-0.25, -0.2) is 0 Å². The molecular formula is C18H23N3O2. The van der Waals surface area contributed by atoms with Crippen molar-refractivity contribution in [2.24, 2.45) is 11.8 Å². The number of fused-ring (bicyclic) bond motifs is 2. The van der Waals surface area contributed by atoms with Crippen molar-refractivity contribution >= 4 is 23.0 Å². The molecule has 1 aromatic carbocycles. The average Bonchev–Trinajstić information content (AvgIpc) is 3.08. The second kappa shape index (κ2) is 4.98. The van der Waals surface area contributed by atoms with Crippen LogP contribution in [-0.2, 0) is 10.2 Å². The van der Waals surface area contributed by atoms with Gasteiger partial charge in [0.05, 0.1) is 0 Å². The van der Waals surface area contributed by atoms with E-state index in [-0.39, 0.29) is 11.3 Å². The van der Waals surface area contributed by atoms with E-state index in [1.165, 1.54) is 5.56 Å². The van der Waals surface area contributed by atoms with Gasteiger partial charge in [0.25, 0.3) is 6.01 Å². The predicted octanol–water partition coefficient (Wildman–Crippen LogP) is 2.70. The molecule has 2 saturated heterocycles. The number of oxazole rings is 1. The van der Waals surface area contributed by atoms with Crippen LogP contribution in [0, 0.1) is 11.8 Å². The minimum absolute atomic E-state index is 0.0991. The Morgan fingerprint density at radius 1 is 1.26 bits per heavy atom. The first kappa shape index (κ1) is 14.5. The molecule has 2 fully saturated rings. The number of anilines is 1.